The molecular formula is C17H18F2N2O4. The van der Waals surface area contributed by atoms with Crippen LogP contribution in [0.3, 0.4) is 0 Å². The minimum absolute atomic E-state index is 0.0471. The third-order valence-corrected chi connectivity index (χ3v) is 3.43. The van der Waals surface area contributed by atoms with Gasteiger partial charge in [-0.2, -0.15) is 0 Å². The molecule has 0 spiro atoms. The lowest BCUT2D eigenvalue weighted by Crippen LogP contribution is -2.29. The standard InChI is InChI=1S/C17H18F2N2O4/c1-23-13-8-7-10(15(24-2)16(13)25-3)9-20-17(22)21-14-11(18)5-4-6-12(14)19/h4-8H,9H2,1-3H3,(H2,20,21,22). The van der Waals surface area contributed by atoms with Crippen molar-refractivity contribution in [3.8, 4) is 17.2 Å². The molecule has 134 valence electrons. The maximum Gasteiger partial charge on any atom is 0.319 e. The van der Waals surface area contributed by atoms with Gasteiger partial charge in [0.05, 0.1) is 21.3 Å². The summed E-state index contributed by atoms with van der Waals surface area (Å²) in [7, 11) is 4.41. The molecule has 0 aromatic heterocycles. The van der Waals surface area contributed by atoms with E-state index in [0.717, 1.165) is 12.1 Å². The summed E-state index contributed by atoms with van der Waals surface area (Å²) in [5.41, 5.74) is 0.0867. The predicted molar refractivity (Wildman–Crippen MR) is 88.3 cm³/mol. The van der Waals surface area contributed by atoms with Crippen molar-refractivity contribution in [1.82, 2.24) is 5.32 Å². The molecule has 0 unspecified atom stereocenters. The first-order valence-corrected chi connectivity index (χ1v) is 7.28. The molecule has 2 aromatic carbocycles. The molecule has 6 nitrogen and oxygen atoms in total. The number of amides is 2. The molecule has 0 aliphatic heterocycles. The van der Waals surface area contributed by atoms with Crippen LogP contribution >= 0.6 is 0 Å². The molecule has 25 heavy (non-hydrogen) atoms. The second-order valence-corrected chi connectivity index (χ2v) is 4.90. The Bertz CT molecular complexity index is 748. The van der Waals surface area contributed by atoms with Crippen molar-refractivity contribution in [3.05, 3.63) is 47.5 Å². The van der Waals surface area contributed by atoms with Gasteiger partial charge >= 0.3 is 6.03 Å². The van der Waals surface area contributed by atoms with Gasteiger partial charge in [-0.25, -0.2) is 13.6 Å². The first-order valence-electron chi connectivity index (χ1n) is 7.28. The number of benzene rings is 2. The Kier molecular flexibility index (Phi) is 5.99. The molecule has 0 bridgehead atoms. The Hall–Kier alpha value is -3.03. The number of nitrogens with one attached hydrogen (secondary N) is 2. The van der Waals surface area contributed by atoms with Crippen molar-refractivity contribution in [2.24, 2.45) is 0 Å². The van der Waals surface area contributed by atoms with Crippen molar-refractivity contribution in [3.63, 3.8) is 0 Å². The van der Waals surface area contributed by atoms with Crippen molar-refractivity contribution < 1.29 is 27.8 Å². The summed E-state index contributed by atoms with van der Waals surface area (Å²) < 4.78 is 42.8. The SMILES string of the molecule is COc1ccc(CNC(=O)Nc2c(F)cccc2F)c(OC)c1OC. The van der Waals surface area contributed by atoms with E-state index < -0.39 is 23.4 Å². The second kappa shape index (κ2) is 8.18. The quantitative estimate of drug-likeness (QED) is 0.837. The summed E-state index contributed by atoms with van der Waals surface area (Å²) in [5, 5.41) is 4.65. The number of para-hydroxylation sites is 1. The fourth-order valence-corrected chi connectivity index (χ4v) is 2.25. The number of anilines is 1. The Morgan fingerprint density at radius 3 is 2.16 bits per heavy atom. The van der Waals surface area contributed by atoms with Gasteiger partial charge in [0.15, 0.2) is 11.5 Å². The molecule has 0 saturated carbocycles. The maximum atomic E-state index is 13.5. The molecule has 0 heterocycles. The van der Waals surface area contributed by atoms with Gasteiger partial charge in [0.1, 0.15) is 17.3 Å². The smallest absolute Gasteiger partial charge is 0.319 e. The normalized spacial score (nSPS) is 10.1. The number of rotatable bonds is 6. The fraction of sp³-hybridized carbons (Fsp3) is 0.235. The number of carbonyl (C=O) groups excluding carboxylic acids is 1. The van der Waals surface area contributed by atoms with Gasteiger partial charge in [0, 0.05) is 12.1 Å². The summed E-state index contributed by atoms with van der Waals surface area (Å²) in [5.74, 6) is -0.484. The number of hydrogen-bond acceptors (Lipinski definition) is 4. The number of urea groups is 1. The van der Waals surface area contributed by atoms with E-state index in [1.165, 1.54) is 27.4 Å². The van der Waals surface area contributed by atoms with Gasteiger partial charge < -0.3 is 24.8 Å². The topological polar surface area (TPSA) is 68.8 Å². The van der Waals surface area contributed by atoms with E-state index in [9.17, 15) is 13.6 Å². The number of methoxy groups -OCH3 is 3. The van der Waals surface area contributed by atoms with Crippen LogP contribution in [0.15, 0.2) is 30.3 Å². The number of carbonyl (C=O) groups is 1. The highest BCUT2D eigenvalue weighted by Crippen LogP contribution is 2.39. The van der Waals surface area contributed by atoms with E-state index in [-0.39, 0.29) is 6.54 Å². The van der Waals surface area contributed by atoms with Crippen LogP contribution in [0, 0.1) is 11.6 Å². The fourth-order valence-electron chi connectivity index (χ4n) is 2.25. The molecule has 0 aliphatic carbocycles. The van der Waals surface area contributed by atoms with Crippen LogP contribution in [0.25, 0.3) is 0 Å². The maximum absolute atomic E-state index is 13.5. The third kappa shape index (κ3) is 4.09. The predicted octanol–water partition coefficient (Wildman–Crippen LogP) is 3.31. The van der Waals surface area contributed by atoms with Gasteiger partial charge in [0.25, 0.3) is 0 Å². The summed E-state index contributed by atoms with van der Waals surface area (Å²) in [6.45, 7) is 0.0471. The molecular weight excluding hydrogens is 334 g/mol. The highest BCUT2D eigenvalue weighted by atomic mass is 19.1. The van der Waals surface area contributed by atoms with E-state index in [4.69, 9.17) is 14.2 Å². The molecule has 0 atom stereocenters. The van der Waals surface area contributed by atoms with Crippen molar-refractivity contribution in [1.29, 1.82) is 0 Å². The third-order valence-electron chi connectivity index (χ3n) is 3.43. The zero-order valence-corrected chi connectivity index (χ0v) is 14.0. The molecule has 2 amide bonds. The monoisotopic (exact) mass is 352 g/mol. The van der Waals surface area contributed by atoms with Crippen LogP contribution in [-0.4, -0.2) is 27.4 Å². The molecule has 0 aliphatic rings. The highest BCUT2D eigenvalue weighted by molar-refractivity contribution is 5.89. The Morgan fingerprint density at radius 1 is 0.960 bits per heavy atom. The molecule has 8 heteroatoms. The summed E-state index contributed by atoms with van der Waals surface area (Å²) >= 11 is 0. The van der Waals surface area contributed by atoms with Crippen LogP contribution < -0.4 is 24.8 Å². The minimum atomic E-state index is -0.862. The van der Waals surface area contributed by atoms with Gasteiger partial charge in [-0.1, -0.05) is 6.07 Å². The Labute approximate surface area is 143 Å². The zero-order chi connectivity index (χ0) is 18.4. The molecule has 2 N–H and O–H groups in total. The van der Waals surface area contributed by atoms with Gasteiger partial charge in [-0.05, 0) is 24.3 Å². The first kappa shape index (κ1) is 18.3. The number of hydrogen-bond donors (Lipinski definition) is 2. The minimum Gasteiger partial charge on any atom is -0.493 e. The lowest BCUT2D eigenvalue weighted by Gasteiger charge is -2.16. The first-order chi connectivity index (χ1) is 12.0. The van der Waals surface area contributed by atoms with E-state index in [2.05, 4.69) is 10.6 Å². The summed E-state index contributed by atoms with van der Waals surface area (Å²) in [4.78, 5) is 11.9. The lowest BCUT2D eigenvalue weighted by atomic mass is 10.1. The van der Waals surface area contributed by atoms with E-state index in [1.807, 2.05) is 0 Å². The number of ether oxygens (including phenoxy) is 3. The van der Waals surface area contributed by atoms with E-state index >= 15 is 0 Å². The largest absolute Gasteiger partial charge is 0.493 e. The number of halogens is 2. The van der Waals surface area contributed by atoms with Crippen LogP contribution in [0.2, 0.25) is 0 Å². The lowest BCUT2D eigenvalue weighted by molar-refractivity contribution is 0.251. The zero-order valence-electron chi connectivity index (χ0n) is 14.0. The van der Waals surface area contributed by atoms with Crippen LogP contribution in [0.5, 0.6) is 17.2 Å². The van der Waals surface area contributed by atoms with Crippen LogP contribution in [-0.2, 0) is 6.54 Å². The van der Waals surface area contributed by atoms with Crippen molar-refractivity contribution in [2.75, 3.05) is 26.6 Å². The molecule has 2 rings (SSSR count). The van der Waals surface area contributed by atoms with Gasteiger partial charge in [-0.15, -0.1) is 0 Å². The van der Waals surface area contributed by atoms with E-state index in [1.54, 1.807) is 12.1 Å². The highest BCUT2D eigenvalue weighted by Gasteiger charge is 2.17. The van der Waals surface area contributed by atoms with Gasteiger partial charge in [0.2, 0.25) is 5.75 Å². The van der Waals surface area contributed by atoms with Crippen molar-refractivity contribution in [2.45, 2.75) is 6.54 Å². The molecule has 0 saturated heterocycles. The summed E-state index contributed by atoms with van der Waals surface area (Å²) in [6.07, 6.45) is 0. The Balaban J connectivity index is 2.12. The molecule has 2 aromatic rings. The average Bonchev–Trinajstić information content (AvgIpc) is 2.62. The Morgan fingerprint density at radius 2 is 1.60 bits per heavy atom. The summed E-state index contributed by atoms with van der Waals surface area (Å²) in [6, 6.07) is 5.89. The van der Waals surface area contributed by atoms with Crippen LogP contribution in [0.4, 0.5) is 19.3 Å². The molecule has 0 radical (unpaired) electrons. The van der Waals surface area contributed by atoms with Crippen molar-refractivity contribution >= 4 is 11.7 Å². The average molecular weight is 352 g/mol. The van der Waals surface area contributed by atoms with Gasteiger partial charge in [-0.3, -0.25) is 0 Å². The van der Waals surface area contributed by atoms with Crippen LogP contribution in [0.1, 0.15) is 5.56 Å². The molecule has 0 fully saturated rings. The second-order valence-electron chi connectivity index (χ2n) is 4.90. The van der Waals surface area contributed by atoms with E-state index in [0.29, 0.717) is 22.8 Å².